The van der Waals surface area contributed by atoms with E-state index in [0.717, 1.165) is 12.1 Å². The van der Waals surface area contributed by atoms with E-state index < -0.39 is 11.7 Å². The van der Waals surface area contributed by atoms with Gasteiger partial charge < -0.3 is 9.64 Å². The van der Waals surface area contributed by atoms with E-state index in [0.29, 0.717) is 24.1 Å². The van der Waals surface area contributed by atoms with Gasteiger partial charge in [-0.2, -0.15) is 18.4 Å². The minimum absolute atomic E-state index is 0.00624. The molecule has 0 atom stereocenters. The maximum absolute atomic E-state index is 12.5. The normalized spacial score (nSPS) is 10.8. The van der Waals surface area contributed by atoms with Gasteiger partial charge in [-0.05, 0) is 37.3 Å². The number of halogens is 3. The Labute approximate surface area is 142 Å². The zero-order chi connectivity index (χ0) is 18.4. The third-order valence-electron chi connectivity index (χ3n) is 3.32. The molecule has 130 valence electrons. The highest BCUT2D eigenvalue weighted by Gasteiger charge is 2.30. The Balaban J connectivity index is 2.08. The minimum Gasteiger partial charge on any atom is -0.439 e. The van der Waals surface area contributed by atoms with Crippen LogP contribution < -0.4 is 4.74 Å². The summed E-state index contributed by atoms with van der Waals surface area (Å²) in [4.78, 5) is 17.2. The van der Waals surface area contributed by atoms with Crippen molar-refractivity contribution in [2.75, 3.05) is 13.1 Å². The van der Waals surface area contributed by atoms with Crippen molar-refractivity contribution in [3.63, 3.8) is 0 Å². The van der Waals surface area contributed by atoms with Crippen molar-refractivity contribution in [1.82, 2.24) is 9.88 Å². The number of carbonyl (C=O) groups is 1. The summed E-state index contributed by atoms with van der Waals surface area (Å²) < 4.78 is 42.8. The second-order valence-electron chi connectivity index (χ2n) is 4.99. The van der Waals surface area contributed by atoms with Crippen LogP contribution in [0.4, 0.5) is 13.2 Å². The van der Waals surface area contributed by atoms with Crippen molar-refractivity contribution >= 4 is 5.91 Å². The van der Waals surface area contributed by atoms with E-state index in [9.17, 15) is 18.0 Å². The fourth-order valence-corrected chi connectivity index (χ4v) is 1.99. The molecular formula is C17H14F3N3O2. The highest BCUT2D eigenvalue weighted by atomic mass is 19.4. The molecule has 1 aromatic heterocycles. The average molecular weight is 349 g/mol. The number of nitrogens with zero attached hydrogens (tertiary/aromatic N) is 3. The van der Waals surface area contributed by atoms with Crippen LogP contribution in [0.2, 0.25) is 0 Å². The first-order chi connectivity index (χ1) is 11.8. The molecule has 0 bridgehead atoms. The van der Waals surface area contributed by atoms with Gasteiger partial charge in [0.25, 0.3) is 5.91 Å². The van der Waals surface area contributed by atoms with E-state index >= 15 is 0 Å². The first-order valence-electron chi connectivity index (χ1n) is 7.32. The smallest absolute Gasteiger partial charge is 0.417 e. The zero-order valence-corrected chi connectivity index (χ0v) is 13.2. The number of amides is 1. The molecule has 0 fully saturated rings. The average Bonchev–Trinajstić information content (AvgIpc) is 2.59. The summed E-state index contributed by atoms with van der Waals surface area (Å²) in [6, 6.07) is 9.96. The Bertz CT molecular complexity index is 766. The van der Waals surface area contributed by atoms with E-state index in [4.69, 9.17) is 10.00 Å². The topological polar surface area (TPSA) is 66.2 Å². The molecule has 0 N–H and O–H groups in total. The van der Waals surface area contributed by atoms with Crippen molar-refractivity contribution in [1.29, 1.82) is 5.26 Å². The summed E-state index contributed by atoms with van der Waals surface area (Å²) >= 11 is 0. The predicted molar refractivity (Wildman–Crippen MR) is 82.9 cm³/mol. The number of hydrogen-bond donors (Lipinski definition) is 0. The number of aromatic nitrogens is 1. The van der Waals surface area contributed by atoms with Crippen LogP contribution in [-0.4, -0.2) is 28.9 Å². The molecule has 0 saturated carbocycles. The molecule has 1 amide bonds. The van der Waals surface area contributed by atoms with Crippen LogP contribution in [0.5, 0.6) is 11.6 Å². The van der Waals surface area contributed by atoms with Crippen molar-refractivity contribution in [3.8, 4) is 17.7 Å². The van der Waals surface area contributed by atoms with Gasteiger partial charge in [-0.25, -0.2) is 4.98 Å². The molecule has 0 aliphatic rings. The second kappa shape index (κ2) is 7.66. The van der Waals surface area contributed by atoms with Crippen molar-refractivity contribution < 1.29 is 22.7 Å². The Morgan fingerprint density at radius 2 is 1.92 bits per heavy atom. The highest BCUT2D eigenvalue weighted by molar-refractivity contribution is 5.94. The van der Waals surface area contributed by atoms with Crippen molar-refractivity contribution in [2.45, 2.75) is 13.1 Å². The fraction of sp³-hybridized carbons (Fsp3) is 0.235. The Morgan fingerprint density at radius 1 is 1.24 bits per heavy atom. The Morgan fingerprint density at radius 3 is 2.40 bits per heavy atom. The Hall–Kier alpha value is -3.08. The maximum Gasteiger partial charge on any atom is 0.417 e. The van der Waals surface area contributed by atoms with E-state index in [1.165, 1.54) is 29.2 Å². The van der Waals surface area contributed by atoms with Gasteiger partial charge in [0.05, 0.1) is 11.6 Å². The Kier molecular flexibility index (Phi) is 5.60. The summed E-state index contributed by atoms with van der Waals surface area (Å²) in [5.41, 5.74) is -0.484. The number of ether oxygens (including phenoxy) is 1. The van der Waals surface area contributed by atoms with E-state index in [1.807, 2.05) is 6.07 Å². The van der Waals surface area contributed by atoms with Gasteiger partial charge >= 0.3 is 6.18 Å². The highest BCUT2D eigenvalue weighted by Crippen LogP contribution is 2.30. The van der Waals surface area contributed by atoms with Crippen LogP contribution in [-0.2, 0) is 6.18 Å². The molecule has 2 aromatic rings. The van der Waals surface area contributed by atoms with Gasteiger partial charge in [-0.3, -0.25) is 4.79 Å². The summed E-state index contributed by atoms with van der Waals surface area (Å²) in [6.07, 6.45) is -3.77. The van der Waals surface area contributed by atoms with Crippen LogP contribution in [0.25, 0.3) is 0 Å². The second-order valence-corrected chi connectivity index (χ2v) is 4.99. The largest absolute Gasteiger partial charge is 0.439 e. The van der Waals surface area contributed by atoms with Crippen LogP contribution in [0.15, 0.2) is 42.6 Å². The molecule has 0 radical (unpaired) electrons. The number of carbonyl (C=O) groups excluding carboxylic acids is 1. The fourth-order valence-electron chi connectivity index (χ4n) is 1.99. The monoisotopic (exact) mass is 349 g/mol. The van der Waals surface area contributed by atoms with E-state index in [1.54, 1.807) is 6.92 Å². The SMILES string of the molecule is CCN(CC#N)C(=O)c1ccc(Oc2ccc(C(F)(F)F)cn2)cc1. The first-order valence-corrected chi connectivity index (χ1v) is 7.32. The maximum atomic E-state index is 12.5. The third-order valence-corrected chi connectivity index (χ3v) is 3.32. The summed E-state index contributed by atoms with van der Waals surface area (Å²) in [6.45, 7) is 2.16. The van der Waals surface area contributed by atoms with Crippen LogP contribution >= 0.6 is 0 Å². The number of pyridine rings is 1. The standard InChI is InChI=1S/C17H14F3N3O2/c1-2-23(10-9-21)16(24)12-3-6-14(7-4-12)25-15-8-5-13(11-22-15)17(18,19)20/h3-8,11H,2,10H2,1H3. The molecule has 0 aliphatic heterocycles. The van der Waals surface area contributed by atoms with Gasteiger partial charge in [0.15, 0.2) is 0 Å². The molecule has 1 aromatic carbocycles. The lowest BCUT2D eigenvalue weighted by atomic mass is 10.2. The molecule has 8 heteroatoms. The number of hydrogen-bond acceptors (Lipinski definition) is 4. The zero-order valence-electron chi connectivity index (χ0n) is 13.2. The first kappa shape index (κ1) is 18.3. The number of benzene rings is 1. The lowest BCUT2D eigenvalue weighted by Crippen LogP contribution is -2.31. The van der Waals surface area contributed by atoms with Crippen LogP contribution in [0.3, 0.4) is 0 Å². The van der Waals surface area contributed by atoms with Gasteiger partial charge in [0, 0.05) is 24.4 Å². The summed E-state index contributed by atoms with van der Waals surface area (Å²) in [5.74, 6) is 0.0436. The molecule has 2 rings (SSSR count). The van der Waals surface area contributed by atoms with E-state index in [-0.39, 0.29) is 18.3 Å². The minimum atomic E-state index is -4.46. The third kappa shape index (κ3) is 4.70. The van der Waals surface area contributed by atoms with Crippen LogP contribution in [0.1, 0.15) is 22.8 Å². The van der Waals surface area contributed by atoms with E-state index in [2.05, 4.69) is 4.98 Å². The summed E-state index contributed by atoms with van der Waals surface area (Å²) in [5, 5.41) is 8.70. The van der Waals surface area contributed by atoms with Crippen molar-refractivity contribution in [2.24, 2.45) is 0 Å². The molecule has 5 nitrogen and oxygen atoms in total. The summed E-state index contributed by atoms with van der Waals surface area (Å²) in [7, 11) is 0. The molecule has 25 heavy (non-hydrogen) atoms. The van der Waals surface area contributed by atoms with Gasteiger partial charge in [0.2, 0.25) is 5.88 Å². The van der Waals surface area contributed by atoms with Gasteiger partial charge in [-0.1, -0.05) is 0 Å². The lowest BCUT2D eigenvalue weighted by molar-refractivity contribution is -0.137. The van der Waals surface area contributed by atoms with Gasteiger partial charge in [0.1, 0.15) is 12.3 Å². The predicted octanol–water partition coefficient (Wildman–Crippen LogP) is 3.88. The lowest BCUT2D eigenvalue weighted by Gasteiger charge is -2.17. The molecule has 1 heterocycles. The molecule has 0 aliphatic carbocycles. The quantitative estimate of drug-likeness (QED) is 0.769. The van der Waals surface area contributed by atoms with Crippen molar-refractivity contribution in [3.05, 3.63) is 53.7 Å². The number of rotatable bonds is 5. The van der Waals surface area contributed by atoms with Gasteiger partial charge in [-0.15, -0.1) is 0 Å². The molecule has 0 unspecified atom stereocenters. The van der Waals surface area contributed by atoms with Crippen LogP contribution in [0, 0.1) is 11.3 Å². The molecule has 0 spiro atoms. The molecular weight excluding hydrogens is 335 g/mol. The molecule has 0 saturated heterocycles. The number of nitriles is 1. The number of alkyl halides is 3.